The lowest BCUT2D eigenvalue weighted by molar-refractivity contribution is -0.0498. The smallest absolute Gasteiger partial charge is 0.0850 e. The number of morpholine rings is 1. The molecule has 0 radical (unpaired) electrons. The van der Waals surface area contributed by atoms with Crippen LogP contribution in [0.5, 0.6) is 0 Å². The zero-order valence-electron chi connectivity index (χ0n) is 11.0. The highest BCUT2D eigenvalue weighted by atomic mass is 35.5. The lowest BCUT2D eigenvalue weighted by Gasteiger charge is -2.38. The quantitative estimate of drug-likeness (QED) is 0.915. The number of nitrogens with zero attached hydrogens (tertiary/aromatic N) is 1. The third-order valence-corrected chi connectivity index (χ3v) is 3.96. The van der Waals surface area contributed by atoms with Gasteiger partial charge in [0.25, 0.3) is 0 Å². The minimum absolute atomic E-state index is 0.0613. The summed E-state index contributed by atoms with van der Waals surface area (Å²) in [5.74, 6) is 0. The maximum Gasteiger partial charge on any atom is 0.0850 e. The first kappa shape index (κ1) is 13.8. The molecule has 100 valence electrons. The van der Waals surface area contributed by atoms with Crippen LogP contribution in [0, 0.1) is 0 Å². The van der Waals surface area contributed by atoms with Crippen LogP contribution in [0.25, 0.3) is 0 Å². The number of ether oxygens (including phenoxy) is 1. The van der Waals surface area contributed by atoms with Gasteiger partial charge in [-0.2, -0.15) is 0 Å². The summed E-state index contributed by atoms with van der Waals surface area (Å²) in [6, 6.07) is 8.37. The normalized spacial score (nSPS) is 24.8. The molecule has 0 bridgehead atoms. The van der Waals surface area contributed by atoms with Crippen molar-refractivity contribution in [1.82, 2.24) is 4.90 Å². The SMILES string of the molecule is CC(N)C1CN(C(C)c2ccccc2Cl)CCO1. The van der Waals surface area contributed by atoms with Crippen molar-refractivity contribution in [3.63, 3.8) is 0 Å². The molecule has 0 aliphatic carbocycles. The minimum atomic E-state index is 0.0613. The van der Waals surface area contributed by atoms with E-state index in [1.54, 1.807) is 0 Å². The molecule has 2 rings (SSSR count). The molecule has 3 unspecified atom stereocenters. The summed E-state index contributed by atoms with van der Waals surface area (Å²) in [6.45, 7) is 6.71. The first-order valence-corrected chi connectivity index (χ1v) is 6.83. The molecule has 2 N–H and O–H groups in total. The molecule has 1 aliphatic heterocycles. The van der Waals surface area contributed by atoms with E-state index in [9.17, 15) is 0 Å². The highest BCUT2D eigenvalue weighted by molar-refractivity contribution is 6.31. The standard InChI is InChI=1S/C14H21ClN2O/c1-10(16)14-9-17(7-8-18-14)11(2)12-5-3-4-6-13(12)15/h3-6,10-11,14H,7-9,16H2,1-2H3. The van der Waals surface area contributed by atoms with Crippen LogP contribution in [0.2, 0.25) is 5.02 Å². The van der Waals surface area contributed by atoms with Crippen molar-refractivity contribution in [3.05, 3.63) is 34.9 Å². The fraction of sp³-hybridized carbons (Fsp3) is 0.571. The first-order chi connectivity index (χ1) is 8.59. The van der Waals surface area contributed by atoms with Gasteiger partial charge in [-0.25, -0.2) is 0 Å². The van der Waals surface area contributed by atoms with Gasteiger partial charge in [-0.3, -0.25) is 4.90 Å². The monoisotopic (exact) mass is 268 g/mol. The zero-order chi connectivity index (χ0) is 13.1. The number of hydrogen-bond donors (Lipinski definition) is 1. The van der Waals surface area contributed by atoms with E-state index in [-0.39, 0.29) is 12.1 Å². The van der Waals surface area contributed by atoms with Gasteiger partial charge in [0.05, 0.1) is 12.7 Å². The Bertz CT molecular complexity index is 397. The maximum absolute atomic E-state index is 6.25. The Labute approximate surface area is 114 Å². The van der Waals surface area contributed by atoms with Gasteiger partial charge in [-0.05, 0) is 25.5 Å². The van der Waals surface area contributed by atoms with Crippen LogP contribution in [0.1, 0.15) is 25.5 Å². The molecule has 4 heteroatoms. The highest BCUT2D eigenvalue weighted by Crippen LogP contribution is 2.28. The largest absolute Gasteiger partial charge is 0.374 e. The second-order valence-corrected chi connectivity index (χ2v) is 5.37. The number of halogens is 1. The van der Waals surface area contributed by atoms with Gasteiger partial charge in [0.2, 0.25) is 0 Å². The van der Waals surface area contributed by atoms with Crippen LogP contribution >= 0.6 is 11.6 Å². The molecule has 1 heterocycles. The lowest BCUT2D eigenvalue weighted by Crippen LogP contribution is -2.50. The van der Waals surface area contributed by atoms with Crippen LogP contribution in [0.15, 0.2) is 24.3 Å². The third kappa shape index (κ3) is 3.04. The lowest BCUT2D eigenvalue weighted by atomic mass is 10.0. The van der Waals surface area contributed by atoms with Crippen molar-refractivity contribution in [2.75, 3.05) is 19.7 Å². The van der Waals surface area contributed by atoms with Crippen molar-refractivity contribution < 1.29 is 4.74 Å². The van der Waals surface area contributed by atoms with Crippen molar-refractivity contribution in [3.8, 4) is 0 Å². The van der Waals surface area contributed by atoms with Crippen LogP contribution in [-0.4, -0.2) is 36.7 Å². The molecule has 1 saturated heterocycles. The zero-order valence-corrected chi connectivity index (χ0v) is 11.7. The maximum atomic E-state index is 6.25. The topological polar surface area (TPSA) is 38.5 Å². The van der Waals surface area contributed by atoms with Gasteiger partial charge in [0.1, 0.15) is 0 Å². The number of rotatable bonds is 3. The van der Waals surface area contributed by atoms with Crippen molar-refractivity contribution in [1.29, 1.82) is 0 Å². The molecule has 1 aliphatic rings. The Kier molecular flexibility index (Phi) is 4.62. The van der Waals surface area contributed by atoms with Crippen molar-refractivity contribution in [2.45, 2.75) is 32.0 Å². The summed E-state index contributed by atoms with van der Waals surface area (Å²) in [7, 11) is 0. The molecule has 0 aromatic heterocycles. The summed E-state index contributed by atoms with van der Waals surface area (Å²) in [6.07, 6.45) is 0.115. The first-order valence-electron chi connectivity index (χ1n) is 6.45. The fourth-order valence-corrected chi connectivity index (χ4v) is 2.67. The fourth-order valence-electron chi connectivity index (χ4n) is 2.38. The summed E-state index contributed by atoms with van der Waals surface area (Å²) in [5, 5.41) is 0.828. The molecule has 0 amide bonds. The summed E-state index contributed by atoms with van der Waals surface area (Å²) >= 11 is 6.25. The van der Waals surface area contributed by atoms with Gasteiger partial charge in [0.15, 0.2) is 0 Å². The Balaban J connectivity index is 2.09. The molecule has 1 aromatic carbocycles. The molecule has 1 fully saturated rings. The molecule has 0 saturated carbocycles. The second kappa shape index (κ2) is 6.02. The molecule has 1 aromatic rings. The Hall–Kier alpha value is -0.610. The predicted molar refractivity (Wildman–Crippen MR) is 74.8 cm³/mol. The molecule has 3 nitrogen and oxygen atoms in total. The predicted octanol–water partition coefficient (Wildman–Crippen LogP) is 2.45. The summed E-state index contributed by atoms with van der Waals surface area (Å²) in [5.41, 5.74) is 7.09. The Morgan fingerprint density at radius 1 is 1.39 bits per heavy atom. The molecule has 18 heavy (non-hydrogen) atoms. The highest BCUT2D eigenvalue weighted by Gasteiger charge is 2.27. The van der Waals surface area contributed by atoms with E-state index < -0.39 is 0 Å². The van der Waals surface area contributed by atoms with Crippen LogP contribution in [0.4, 0.5) is 0 Å². The third-order valence-electron chi connectivity index (χ3n) is 3.61. The van der Waals surface area contributed by atoms with Gasteiger partial charge in [-0.1, -0.05) is 29.8 Å². The van der Waals surface area contributed by atoms with Crippen LogP contribution in [0.3, 0.4) is 0 Å². The van der Waals surface area contributed by atoms with E-state index in [1.165, 1.54) is 5.56 Å². The van der Waals surface area contributed by atoms with Gasteiger partial charge >= 0.3 is 0 Å². The Morgan fingerprint density at radius 3 is 2.78 bits per heavy atom. The molecule has 0 spiro atoms. The van der Waals surface area contributed by atoms with Crippen LogP contribution < -0.4 is 5.73 Å². The molecular weight excluding hydrogens is 248 g/mol. The van der Waals surface area contributed by atoms with E-state index in [4.69, 9.17) is 22.1 Å². The van der Waals surface area contributed by atoms with E-state index in [1.807, 2.05) is 25.1 Å². The van der Waals surface area contributed by atoms with E-state index >= 15 is 0 Å². The second-order valence-electron chi connectivity index (χ2n) is 4.96. The van der Waals surface area contributed by atoms with Crippen molar-refractivity contribution >= 4 is 11.6 Å². The van der Waals surface area contributed by atoms with Gasteiger partial charge in [0, 0.05) is 30.2 Å². The number of benzene rings is 1. The van der Waals surface area contributed by atoms with Gasteiger partial charge in [-0.15, -0.1) is 0 Å². The Morgan fingerprint density at radius 2 is 2.11 bits per heavy atom. The van der Waals surface area contributed by atoms with E-state index in [0.717, 1.165) is 24.7 Å². The van der Waals surface area contributed by atoms with E-state index in [2.05, 4.69) is 17.9 Å². The van der Waals surface area contributed by atoms with E-state index in [0.29, 0.717) is 6.04 Å². The average Bonchev–Trinajstić information content (AvgIpc) is 2.38. The number of hydrogen-bond acceptors (Lipinski definition) is 3. The van der Waals surface area contributed by atoms with Crippen LogP contribution in [-0.2, 0) is 4.74 Å². The summed E-state index contributed by atoms with van der Waals surface area (Å²) < 4.78 is 5.69. The molecular formula is C14H21ClN2O. The van der Waals surface area contributed by atoms with Crippen molar-refractivity contribution in [2.24, 2.45) is 5.73 Å². The molecule has 3 atom stereocenters. The minimum Gasteiger partial charge on any atom is -0.374 e. The summed E-state index contributed by atoms with van der Waals surface area (Å²) in [4.78, 5) is 2.39. The average molecular weight is 269 g/mol. The van der Waals surface area contributed by atoms with Gasteiger partial charge < -0.3 is 10.5 Å². The number of nitrogens with two attached hydrogens (primary N) is 1.